The topological polar surface area (TPSA) is 12.4 Å². The van der Waals surface area contributed by atoms with E-state index in [1.54, 1.807) is 4.99 Å². The summed E-state index contributed by atoms with van der Waals surface area (Å²) >= 11 is 0. The van der Waals surface area contributed by atoms with Crippen molar-refractivity contribution in [1.82, 2.24) is 0 Å². The lowest BCUT2D eigenvalue weighted by atomic mass is 10.5. The van der Waals surface area contributed by atoms with Gasteiger partial charge in [0.25, 0.3) is 0 Å². The van der Waals surface area contributed by atoms with Crippen LogP contribution in [-0.4, -0.2) is 18.6 Å². The molecule has 0 aliphatic heterocycles. The quantitative estimate of drug-likeness (QED) is 0.481. The van der Waals surface area contributed by atoms with E-state index in [4.69, 9.17) is 0 Å². The van der Waals surface area contributed by atoms with Crippen LogP contribution in [0.3, 0.4) is 0 Å². The number of halogens is 8. The largest absolute Gasteiger partial charge is 0.438 e. The summed E-state index contributed by atoms with van der Waals surface area (Å²) in [6, 6.07) is 0. The highest BCUT2D eigenvalue weighted by Gasteiger charge is 2.39. The molecule has 0 saturated heterocycles. The highest BCUT2D eigenvalue weighted by molar-refractivity contribution is 5.65. The molecule has 0 amide bonds. The summed E-state index contributed by atoms with van der Waals surface area (Å²) in [6.45, 7) is 0. The van der Waals surface area contributed by atoms with Crippen molar-refractivity contribution in [3.05, 3.63) is 11.8 Å². The van der Waals surface area contributed by atoms with Crippen LogP contribution in [0.4, 0.5) is 35.1 Å². The monoisotopic (exact) mass is 227 g/mol. The number of alkyl halides is 6. The molecule has 0 rings (SSSR count). The summed E-state index contributed by atoms with van der Waals surface area (Å²) in [4.78, 5) is 1.62. The Balaban J connectivity index is 4.95. The smallest absolute Gasteiger partial charge is 0.242 e. The van der Waals surface area contributed by atoms with E-state index >= 15 is 0 Å². The van der Waals surface area contributed by atoms with Crippen molar-refractivity contribution >= 4 is 6.21 Å². The van der Waals surface area contributed by atoms with Gasteiger partial charge in [-0.2, -0.15) is 35.1 Å². The number of rotatable bonds is 1. The van der Waals surface area contributed by atoms with E-state index in [0.717, 1.165) is 0 Å². The molecule has 0 aromatic carbocycles. The maximum Gasteiger partial charge on any atom is 0.438 e. The highest BCUT2D eigenvalue weighted by Crippen LogP contribution is 2.30. The fourth-order valence-electron chi connectivity index (χ4n) is 0.367. The molecule has 14 heavy (non-hydrogen) atoms. The summed E-state index contributed by atoms with van der Waals surface area (Å²) in [5.41, 5.74) is -2.85. The SMILES string of the molecule is FC(F)=C(N=CC(F)(F)F)C(F)(F)F. The molecule has 0 spiro atoms. The van der Waals surface area contributed by atoms with Crippen LogP contribution in [0.1, 0.15) is 0 Å². The summed E-state index contributed by atoms with van der Waals surface area (Å²) in [6.07, 6.45) is -15.3. The predicted octanol–water partition coefficient (Wildman–Crippen LogP) is 3.29. The Hall–Kier alpha value is -1.15. The standard InChI is InChI=1S/C5HF8N/c6-3(7)2(5(11,12)13)14-1-4(8,9)10/h1H. The molecule has 82 valence electrons. The van der Waals surface area contributed by atoms with Gasteiger partial charge in [0.15, 0.2) is 0 Å². The molecule has 0 N–H and O–H groups in total. The number of aliphatic imine (C=N–C) groups is 1. The van der Waals surface area contributed by atoms with Crippen molar-refractivity contribution < 1.29 is 35.1 Å². The van der Waals surface area contributed by atoms with Crippen LogP contribution in [0, 0.1) is 0 Å². The highest BCUT2D eigenvalue weighted by atomic mass is 19.4. The van der Waals surface area contributed by atoms with Gasteiger partial charge >= 0.3 is 18.4 Å². The molecule has 0 unspecified atom stereocenters. The van der Waals surface area contributed by atoms with Crippen molar-refractivity contribution in [2.45, 2.75) is 12.4 Å². The second kappa shape index (κ2) is 3.93. The Morgan fingerprint density at radius 3 is 1.57 bits per heavy atom. The molecule has 0 atom stereocenters. The second-order valence-corrected chi connectivity index (χ2v) is 1.91. The Kier molecular flexibility index (Phi) is 3.60. The summed E-state index contributed by atoms with van der Waals surface area (Å²) in [7, 11) is 0. The first-order valence-electron chi connectivity index (χ1n) is 2.78. The van der Waals surface area contributed by atoms with Crippen molar-refractivity contribution in [3.8, 4) is 0 Å². The van der Waals surface area contributed by atoms with Crippen molar-refractivity contribution in [3.63, 3.8) is 0 Å². The third kappa shape index (κ3) is 4.77. The van der Waals surface area contributed by atoms with Gasteiger partial charge < -0.3 is 0 Å². The zero-order valence-electron chi connectivity index (χ0n) is 6.05. The number of hydrogen-bond donors (Lipinski definition) is 0. The normalized spacial score (nSPS) is 13.4. The summed E-state index contributed by atoms with van der Waals surface area (Å²) < 4.78 is 91.3. The maximum absolute atomic E-state index is 11.5. The number of nitrogens with zero attached hydrogens (tertiary/aromatic N) is 1. The van der Waals surface area contributed by atoms with Crippen LogP contribution >= 0.6 is 0 Å². The van der Waals surface area contributed by atoms with Crippen LogP contribution in [0.2, 0.25) is 0 Å². The third-order valence-corrected chi connectivity index (χ3v) is 0.788. The lowest BCUT2D eigenvalue weighted by Gasteiger charge is -2.05. The van der Waals surface area contributed by atoms with Gasteiger partial charge in [-0.25, -0.2) is 4.99 Å². The van der Waals surface area contributed by atoms with E-state index in [1.165, 1.54) is 0 Å². The van der Waals surface area contributed by atoms with E-state index in [1.807, 2.05) is 0 Å². The minimum atomic E-state index is -5.61. The molecule has 0 aliphatic carbocycles. The van der Waals surface area contributed by atoms with Gasteiger partial charge in [-0.1, -0.05) is 0 Å². The number of hydrogen-bond acceptors (Lipinski definition) is 1. The van der Waals surface area contributed by atoms with Gasteiger partial charge in [-0.15, -0.1) is 0 Å². The van der Waals surface area contributed by atoms with Gasteiger partial charge in [0.05, 0.1) is 0 Å². The summed E-state index contributed by atoms with van der Waals surface area (Å²) in [5.74, 6) is 0. The van der Waals surface area contributed by atoms with E-state index in [-0.39, 0.29) is 0 Å². The molecule has 1 nitrogen and oxygen atoms in total. The van der Waals surface area contributed by atoms with Gasteiger partial charge in [0.2, 0.25) is 5.70 Å². The second-order valence-electron chi connectivity index (χ2n) is 1.91. The van der Waals surface area contributed by atoms with E-state index in [9.17, 15) is 35.1 Å². The molecule has 0 aliphatic rings. The molecular weight excluding hydrogens is 226 g/mol. The van der Waals surface area contributed by atoms with Crippen LogP contribution < -0.4 is 0 Å². The lowest BCUT2D eigenvalue weighted by molar-refractivity contribution is -0.0963. The van der Waals surface area contributed by atoms with Crippen molar-refractivity contribution in [1.29, 1.82) is 0 Å². The molecule has 0 heterocycles. The fourth-order valence-corrected chi connectivity index (χ4v) is 0.367. The van der Waals surface area contributed by atoms with Gasteiger partial charge in [-0.3, -0.25) is 0 Å². The van der Waals surface area contributed by atoms with Crippen LogP contribution in [0.25, 0.3) is 0 Å². The molecule has 0 fully saturated rings. The van der Waals surface area contributed by atoms with Gasteiger partial charge in [0.1, 0.15) is 6.21 Å². The average Bonchev–Trinajstić information content (AvgIpc) is 1.79. The summed E-state index contributed by atoms with van der Waals surface area (Å²) in [5, 5.41) is 0. The van der Waals surface area contributed by atoms with Crippen LogP contribution in [0.15, 0.2) is 16.8 Å². The Labute approximate surface area is 71.7 Å². The minimum Gasteiger partial charge on any atom is -0.242 e. The van der Waals surface area contributed by atoms with E-state index in [0.29, 0.717) is 0 Å². The third-order valence-electron chi connectivity index (χ3n) is 0.788. The Bertz CT molecular complexity index is 252. The molecular formula is C5HF8N. The molecule has 0 aromatic heterocycles. The Morgan fingerprint density at radius 1 is 0.929 bits per heavy atom. The minimum absolute atomic E-state index is 1.16. The first-order chi connectivity index (χ1) is 6.04. The van der Waals surface area contributed by atoms with E-state index < -0.39 is 30.3 Å². The molecule has 0 bridgehead atoms. The average molecular weight is 227 g/mol. The maximum atomic E-state index is 11.5. The van der Waals surface area contributed by atoms with Crippen molar-refractivity contribution in [2.24, 2.45) is 4.99 Å². The molecule has 9 heteroatoms. The van der Waals surface area contributed by atoms with Gasteiger partial charge in [-0.05, 0) is 0 Å². The first kappa shape index (κ1) is 12.8. The predicted molar refractivity (Wildman–Crippen MR) is 29.8 cm³/mol. The van der Waals surface area contributed by atoms with Gasteiger partial charge in [0, 0.05) is 0 Å². The van der Waals surface area contributed by atoms with Crippen LogP contribution in [0.5, 0.6) is 0 Å². The van der Waals surface area contributed by atoms with E-state index in [2.05, 4.69) is 0 Å². The van der Waals surface area contributed by atoms with Crippen molar-refractivity contribution in [2.75, 3.05) is 0 Å². The molecule has 0 aromatic rings. The lowest BCUT2D eigenvalue weighted by Crippen LogP contribution is -2.15. The first-order valence-corrected chi connectivity index (χ1v) is 2.78. The fraction of sp³-hybridized carbons (Fsp3) is 0.400. The Morgan fingerprint density at radius 2 is 1.36 bits per heavy atom. The number of allylic oxidation sites excluding steroid dienone is 1. The zero-order valence-corrected chi connectivity index (χ0v) is 6.05. The van der Waals surface area contributed by atoms with Crippen LogP contribution in [-0.2, 0) is 0 Å². The molecule has 0 saturated carbocycles. The zero-order chi connectivity index (χ0) is 11.6. The molecule has 0 radical (unpaired) electrons.